The van der Waals surface area contributed by atoms with E-state index in [1.807, 2.05) is 13.0 Å². The Kier molecular flexibility index (Phi) is 5.23. The molecule has 1 N–H and O–H groups in total. The summed E-state index contributed by atoms with van der Waals surface area (Å²) in [6.45, 7) is 8.92. The van der Waals surface area contributed by atoms with Gasteiger partial charge in [-0.3, -0.25) is 4.90 Å². The fourth-order valence-electron chi connectivity index (χ4n) is 2.46. The second kappa shape index (κ2) is 6.56. The number of likely N-dealkylation sites (tertiary alicyclic amines) is 1. The minimum atomic E-state index is -3.34. The first kappa shape index (κ1) is 15.9. The number of nitrogens with zero attached hydrogens (tertiary/aromatic N) is 1. The molecule has 6 heteroatoms. The van der Waals surface area contributed by atoms with Crippen molar-refractivity contribution in [1.82, 2.24) is 9.62 Å². The number of aryl methyl sites for hydroxylation is 1. The highest BCUT2D eigenvalue weighted by molar-refractivity contribution is 7.91. The summed E-state index contributed by atoms with van der Waals surface area (Å²) in [5.41, 5.74) is 0. The largest absolute Gasteiger partial charge is 0.299 e. The van der Waals surface area contributed by atoms with Gasteiger partial charge in [0.15, 0.2) is 0 Å². The van der Waals surface area contributed by atoms with E-state index in [1.54, 1.807) is 6.07 Å². The van der Waals surface area contributed by atoms with Crippen molar-refractivity contribution in [3.63, 3.8) is 0 Å². The van der Waals surface area contributed by atoms with Gasteiger partial charge in [0.1, 0.15) is 4.21 Å². The highest BCUT2D eigenvalue weighted by atomic mass is 32.2. The lowest BCUT2D eigenvalue weighted by atomic mass is 9.98. The Balaban J connectivity index is 1.88. The zero-order valence-corrected chi connectivity index (χ0v) is 14.1. The predicted octanol–water partition coefficient (Wildman–Crippen LogP) is 2.46. The van der Waals surface area contributed by atoms with E-state index in [4.69, 9.17) is 0 Å². The molecule has 1 aliphatic heterocycles. The molecule has 1 aromatic heterocycles. The second-order valence-electron chi connectivity index (χ2n) is 5.78. The zero-order chi connectivity index (χ0) is 14.8. The zero-order valence-electron chi connectivity index (χ0n) is 12.4. The summed E-state index contributed by atoms with van der Waals surface area (Å²) in [6, 6.07) is 3.77. The first-order valence-electron chi connectivity index (χ1n) is 7.18. The molecule has 1 aromatic rings. The van der Waals surface area contributed by atoms with Gasteiger partial charge in [0.2, 0.25) is 10.0 Å². The van der Waals surface area contributed by atoms with Gasteiger partial charge in [0, 0.05) is 17.5 Å². The predicted molar refractivity (Wildman–Crippen MR) is 83.7 cm³/mol. The Hall–Kier alpha value is -0.430. The normalized spacial score (nSPS) is 20.1. The topological polar surface area (TPSA) is 49.4 Å². The molecule has 1 aliphatic rings. The molecule has 1 atom stereocenters. The monoisotopic (exact) mass is 316 g/mol. The Morgan fingerprint density at radius 3 is 2.60 bits per heavy atom. The van der Waals surface area contributed by atoms with Gasteiger partial charge in [0.25, 0.3) is 0 Å². The van der Waals surface area contributed by atoms with Crippen LogP contribution < -0.4 is 4.72 Å². The van der Waals surface area contributed by atoms with Crippen LogP contribution in [0.5, 0.6) is 0 Å². The summed E-state index contributed by atoms with van der Waals surface area (Å²) in [5.74, 6) is 0.796. The van der Waals surface area contributed by atoms with E-state index >= 15 is 0 Å². The van der Waals surface area contributed by atoms with Gasteiger partial charge in [0.05, 0.1) is 0 Å². The van der Waals surface area contributed by atoms with Crippen molar-refractivity contribution in [2.75, 3.05) is 19.6 Å². The molecule has 0 radical (unpaired) electrons. The van der Waals surface area contributed by atoms with E-state index in [9.17, 15) is 8.42 Å². The lowest BCUT2D eigenvalue weighted by Gasteiger charge is -2.34. The number of rotatable bonds is 5. The average molecular weight is 316 g/mol. The summed E-state index contributed by atoms with van der Waals surface area (Å²) in [7, 11) is -3.34. The van der Waals surface area contributed by atoms with Crippen molar-refractivity contribution in [3.8, 4) is 0 Å². The van der Waals surface area contributed by atoms with E-state index < -0.39 is 10.0 Å². The van der Waals surface area contributed by atoms with Gasteiger partial charge in [-0.1, -0.05) is 6.92 Å². The molecule has 114 valence electrons. The Morgan fingerprint density at radius 2 is 2.05 bits per heavy atom. The van der Waals surface area contributed by atoms with E-state index in [1.165, 1.54) is 24.2 Å². The lowest BCUT2D eigenvalue weighted by Crippen LogP contribution is -2.45. The number of hydrogen-bond acceptors (Lipinski definition) is 4. The van der Waals surface area contributed by atoms with Crippen LogP contribution in [0, 0.1) is 12.8 Å². The van der Waals surface area contributed by atoms with Gasteiger partial charge in [-0.25, -0.2) is 13.1 Å². The Bertz CT molecular complexity index is 531. The van der Waals surface area contributed by atoms with Crippen molar-refractivity contribution < 1.29 is 8.42 Å². The Labute approximate surface area is 126 Å². The molecular weight excluding hydrogens is 292 g/mol. The van der Waals surface area contributed by atoms with Crippen LogP contribution in [0.3, 0.4) is 0 Å². The highest BCUT2D eigenvalue weighted by Crippen LogP contribution is 2.21. The van der Waals surface area contributed by atoms with E-state index in [-0.39, 0.29) is 6.04 Å². The third kappa shape index (κ3) is 4.04. The minimum Gasteiger partial charge on any atom is -0.299 e. The van der Waals surface area contributed by atoms with Gasteiger partial charge in [-0.2, -0.15) is 0 Å². The minimum absolute atomic E-state index is 0.248. The first-order valence-corrected chi connectivity index (χ1v) is 9.48. The second-order valence-corrected chi connectivity index (χ2v) is 9.07. The van der Waals surface area contributed by atoms with Crippen LogP contribution in [-0.4, -0.2) is 39.0 Å². The molecule has 0 aliphatic carbocycles. The molecule has 2 rings (SSSR count). The van der Waals surface area contributed by atoms with Crippen molar-refractivity contribution >= 4 is 21.4 Å². The van der Waals surface area contributed by atoms with Crippen molar-refractivity contribution in [1.29, 1.82) is 0 Å². The van der Waals surface area contributed by atoms with Crippen molar-refractivity contribution in [3.05, 3.63) is 17.0 Å². The van der Waals surface area contributed by atoms with Crippen LogP contribution in [0.2, 0.25) is 0 Å². The molecule has 0 spiro atoms. The number of piperidine rings is 1. The maximum Gasteiger partial charge on any atom is 0.250 e. The summed E-state index contributed by atoms with van der Waals surface area (Å²) in [4.78, 5) is 3.39. The molecule has 0 aromatic carbocycles. The van der Waals surface area contributed by atoms with Crippen molar-refractivity contribution in [2.24, 2.45) is 5.92 Å². The maximum absolute atomic E-state index is 12.2. The van der Waals surface area contributed by atoms with Gasteiger partial charge in [-0.15, -0.1) is 11.3 Å². The SMILES string of the molecule is Cc1ccc(S(=O)(=O)NCC(C)N2CCC(C)CC2)s1. The standard InChI is InChI=1S/C14H24N2O2S2/c1-11-6-8-16(9-7-11)12(2)10-15-20(17,18)14-5-4-13(3)19-14/h4-5,11-12,15H,6-10H2,1-3H3. The van der Waals surface area contributed by atoms with Crippen LogP contribution in [0.1, 0.15) is 31.6 Å². The number of sulfonamides is 1. The fraction of sp³-hybridized carbons (Fsp3) is 0.714. The molecule has 4 nitrogen and oxygen atoms in total. The van der Waals surface area contributed by atoms with E-state index in [0.29, 0.717) is 10.8 Å². The van der Waals surface area contributed by atoms with Crippen LogP contribution in [0.25, 0.3) is 0 Å². The smallest absolute Gasteiger partial charge is 0.250 e. The fourth-order valence-corrected chi connectivity index (χ4v) is 4.91. The van der Waals surface area contributed by atoms with Crippen molar-refractivity contribution in [2.45, 2.75) is 43.9 Å². The molecule has 1 fully saturated rings. The van der Waals surface area contributed by atoms with Gasteiger partial charge in [-0.05, 0) is 57.8 Å². The van der Waals surface area contributed by atoms with E-state index in [2.05, 4.69) is 23.5 Å². The lowest BCUT2D eigenvalue weighted by molar-refractivity contribution is 0.148. The molecular formula is C14H24N2O2S2. The molecule has 0 amide bonds. The van der Waals surface area contributed by atoms with Crippen LogP contribution in [-0.2, 0) is 10.0 Å². The molecule has 0 saturated carbocycles. The molecule has 20 heavy (non-hydrogen) atoms. The number of nitrogens with one attached hydrogen (secondary N) is 1. The molecule has 1 unspecified atom stereocenters. The third-order valence-corrected chi connectivity index (χ3v) is 6.91. The summed E-state index contributed by atoms with van der Waals surface area (Å²) < 4.78 is 27.5. The summed E-state index contributed by atoms with van der Waals surface area (Å²) in [5, 5.41) is 0. The number of thiophene rings is 1. The van der Waals surface area contributed by atoms with Crippen LogP contribution >= 0.6 is 11.3 Å². The third-order valence-electron chi connectivity index (χ3n) is 3.99. The van der Waals surface area contributed by atoms with Crippen LogP contribution in [0.15, 0.2) is 16.3 Å². The Morgan fingerprint density at radius 1 is 1.40 bits per heavy atom. The number of hydrogen-bond donors (Lipinski definition) is 1. The van der Waals surface area contributed by atoms with Gasteiger partial charge < -0.3 is 0 Å². The highest BCUT2D eigenvalue weighted by Gasteiger charge is 2.22. The molecule has 0 bridgehead atoms. The summed E-state index contributed by atoms with van der Waals surface area (Å²) >= 11 is 1.32. The van der Waals surface area contributed by atoms with Crippen LogP contribution in [0.4, 0.5) is 0 Å². The first-order chi connectivity index (χ1) is 9.38. The maximum atomic E-state index is 12.2. The van der Waals surface area contributed by atoms with Gasteiger partial charge >= 0.3 is 0 Å². The average Bonchev–Trinajstić information content (AvgIpc) is 2.84. The molecule has 1 saturated heterocycles. The quantitative estimate of drug-likeness (QED) is 0.908. The van der Waals surface area contributed by atoms with E-state index in [0.717, 1.165) is 23.9 Å². The summed E-state index contributed by atoms with van der Waals surface area (Å²) in [6.07, 6.45) is 2.42. The molecule has 2 heterocycles.